The first-order chi connectivity index (χ1) is 6.48. The largest absolute Gasteiger partial charge is 0.327 e. The molecular formula is C12H18FN. The molecule has 0 aromatic heterocycles. The molecule has 1 nitrogen and oxygen atoms in total. The lowest BCUT2D eigenvalue weighted by Gasteiger charge is -2.31. The summed E-state index contributed by atoms with van der Waals surface area (Å²) in [5, 5.41) is 0. The van der Waals surface area contributed by atoms with E-state index < -0.39 is 0 Å². The average Bonchev–Trinajstić information content (AvgIpc) is 2.17. The maximum Gasteiger partial charge on any atom is 0.123 e. The second-order valence-corrected chi connectivity index (χ2v) is 4.24. The van der Waals surface area contributed by atoms with Crippen molar-refractivity contribution in [2.24, 2.45) is 5.73 Å². The van der Waals surface area contributed by atoms with Gasteiger partial charge in [0.2, 0.25) is 0 Å². The number of hydrogen-bond donors (Lipinski definition) is 1. The van der Waals surface area contributed by atoms with Gasteiger partial charge in [0.15, 0.2) is 0 Å². The van der Waals surface area contributed by atoms with Crippen molar-refractivity contribution in [2.45, 2.75) is 38.6 Å². The first kappa shape index (κ1) is 11.2. The van der Waals surface area contributed by atoms with Crippen LogP contribution < -0.4 is 5.73 Å². The minimum atomic E-state index is -0.199. The highest BCUT2D eigenvalue weighted by molar-refractivity contribution is 5.26. The van der Waals surface area contributed by atoms with Gasteiger partial charge < -0.3 is 5.73 Å². The van der Waals surface area contributed by atoms with Crippen LogP contribution in [0.3, 0.4) is 0 Å². The van der Waals surface area contributed by atoms with Gasteiger partial charge in [-0.2, -0.15) is 0 Å². The first-order valence-electron chi connectivity index (χ1n) is 5.00. The Morgan fingerprint density at radius 1 is 1.29 bits per heavy atom. The van der Waals surface area contributed by atoms with Crippen LogP contribution in [0.4, 0.5) is 4.39 Å². The molecule has 2 N–H and O–H groups in total. The van der Waals surface area contributed by atoms with Crippen molar-refractivity contribution in [2.75, 3.05) is 0 Å². The zero-order valence-electron chi connectivity index (χ0n) is 9.05. The summed E-state index contributed by atoms with van der Waals surface area (Å²) in [6.07, 6.45) is 0.921. The fourth-order valence-corrected chi connectivity index (χ4v) is 1.60. The van der Waals surface area contributed by atoms with Gasteiger partial charge in [-0.15, -0.1) is 0 Å². The average molecular weight is 195 g/mol. The van der Waals surface area contributed by atoms with Crippen LogP contribution in [0, 0.1) is 5.82 Å². The molecule has 0 unspecified atom stereocenters. The quantitative estimate of drug-likeness (QED) is 0.788. The summed E-state index contributed by atoms with van der Waals surface area (Å²) >= 11 is 0. The molecular weight excluding hydrogens is 177 g/mol. The molecule has 1 aromatic rings. The Labute approximate surface area is 85.1 Å². The van der Waals surface area contributed by atoms with E-state index in [1.54, 1.807) is 0 Å². The van der Waals surface area contributed by atoms with E-state index in [-0.39, 0.29) is 17.3 Å². The minimum Gasteiger partial charge on any atom is -0.327 e. The lowest BCUT2D eigenvalue weighted by Crippen LogP contribution is -2.40. The molecule has 0 radical (unpaired) electrons. The van der Waals surface area contributed by atoms with Crippen molar-refractivity contribution in [3.05, 3.63) is 35.6 Å². The molecule has 0 saturated carbocycles. The van der Waals surface area contributed by atoms with Crippen LogP contribution >= 0.6 is 0 Å². The summed E-state index contributed by atoms with van der Waals surface area (Å²) in [4.78, 5) is 0. The van der Waals surface area contributed by atoms with E-state index in [2.05, 4.69) is 20.8 Å². The fraction of sp³-hybridized carbons (Fsp3) is 0.500. The molecule has 0 amide bonds. The zero-order valence-corrected chi connectivity index (χ0v) is 9.05. The van der Waals surface area contributed by atoms with Gasteiger partial charge in [-0.25, -0.2) is 4.39 Å². The Kier molecular flexibility index (Phi) is 3.27. The van der Waals surface area contributed by atoms with E-state index in [1.165, 1.54) is 12.1 Å². The van der Waals surface area contributed by atoms with E-state index >= 15 is 0 Å². The van der Waals surface area contributed by atoms with Gasteiger partial charge in [0.05, 0.1) is 0 Å². The van der Waals surface area contributed by atoms with E-state index in [1.807, 2.05) is 12.1 Å². The van der Waals surface area contributed by atoms with Crippen LogP contribution in [0.1, 0.15) is 32.8 Å². The Morgan fingerprint density at radius 3 is 2.21 bits per heavy atom. The van der Waals surface area contributed by atoms with Gasteiger partial charge in [-0.3, -0.25) is 0 Å². The van der Waals surface area contributed by atoms with E-state index in [0.717, 1.165) is 12.0 Å². The highest BCUT2D eigenvalue weighted by atomic mass is 19.1. The Bertz CT molecular complexity index is 290. The van der Waals surface area contributed by atoms with E-state index in [9.17, 15) is 4.39 Å². The van der Waals surface area contributed by atoms with Gasteiger partial charge in [-0.05, 0) is 24.1 Å². The third-order valence-corrected chi connectivity index (χ3v) is 2.96. The van der Waals surface area contributed by atoms with Crippen LogP contribution in [0.15, 0.2) is 24.3 Å². The first-order valence-corrected chi connectivity index (χ1v) is 5.00. The molecule has 0 bridgehead atoms. The predicted molar refractivity (Wildman–Crippen MR) is 57.7 cm³/mol. The van der Waals surface area contributed by atoms with Crippen molar-refractivity contribution < 1.29 is 4.39 Å². The van der Waals surface area contributed by atoms with Gasteiger partial charge in [0, 0.05) is 11.5 Å². The van der Waals surface area contributed by atoms with Crippen molar-refractivity contribution in [1.82, 2.24) is 0 Å². The number of nitrogens with two attached hydrogens (primary N) is 1. The van der Waals surface area contributed by atoms with Gasteiger partial charge in [0.25, 0.3) is 0 Å². The van der Waals surface area contributed by atoms with Crippen molar-refractivity contribution in [3.63, 3.8) is 0 Å². The summed E-state index contributed by atoms with van der Waals surface area (Å²) < 4.78 is 12.7. The monoisotopic (exact) mass is 195 g/mol. The van der Waals surface area contributed by atoms with Gasteiger partial charge in [0.1, 0.15) is 5.82 Å². The van der Waals surface area contributed by atoms with Gasteiger partial charge >= 0.3 is 0 Å². The third kappa shape index (κ3) is 2.13. The Morgan fingerprint density at radius 2 is 1.79 bits per heavy atom. The molecule has 0 fully saturated rings. The lowest BCUT2D eigenvalue weighted by molar-refractivity contribution is 0.399. The van der Waals surface area contributed by atoms with Crippen LogP contribution in [-0.4, -0.2) is 6.04 Å². The topological polar surface area (TPSA) is 26.0 Å². The van der Waals surface area contributed by atoms with Crippen molar-refractivity contribution >= 4 is 0 Å². The number of halogens is 1. The number of rotatable bonds is 3. The second-order valence-electron chi connectivity index (χ2n) is 4.24. The third-order valence-electron chi connectivity index (χ3n) is 2.96. The highest BCUT2D eigenvalue weighted by Gasteiger charge is 2.26. The number of benzene rings is 1. The summed E-state index contributed by atoms with van der Waals surface area (Å²) in [6, 6.07) is 6.70. The van der Waals surface area contributed by atoms with Crippen LogP contribution in [0.2, 0.25) is 0 Å². The molecule has 0 heterocycles. The normalized spacial score (nSPS) is 14.1. The lowest BCUT2D eigenvalue weighted by atomic mass is 9.77. The maximum absolute atomic E-state index is 12.7. The predicted octanol–water partition coefficient (Wildman–Crippen LogP) is 2.84. The molecule has 2 heteroatoms. The molecule has 0 spiro atoms. The fourth-order valence-electron chi connectivity index (χ4n) is 1.60. The molecule has 78 valence electrons. The Balaban J connectivity index is 2.97. The summed E-state index contributed by atoms with van der Waals surface area (Å²) in [5.74, 6) is -0.199. The molecule has 1 atom stereocenters. The second kappa shape index (κ2) is 4.09. The molecule has 0 aliphatic rings. The minimum absolute atomic E-state index is 0.0948. The molecule has 0 aliphatic heterocycles. The van der Waals surface area contributed by atoms with Crippen molar-refractivity contribution in [1.29, 1.82) is 0 Å². The summed E-state index contributed by atoms with van der Waals surface area (Å²) in [5.41, 5.74) is 7.02. The molecule has 1 aromatic carbocycles. The maximum atomic E-state index is 12.7. The van der Waals surface area contributed by atoms with Crippen LogP contribution in [0.25, 0.3) is 0 Å². The SMILES string of the molecule is CC[C@H](N)C(C)(C)c1ccc(F)cc1. The Hall–Kier alpha value is -0.890. The van der Waals surface area contributed by atoms with E-state index in [4.69, 9.17) is 5.73 Å². The molecule has 0 saturated heterocycles. The molecule has 14 heavy (non-hydrogen) atoms. The zero-order chi connectivity index (χ0) is 10.8. The molecule has 0 aliphatic carbocycles. The highest BCUT2D eigenvalue weighted by Crippen LogP contribution is 2.27. The summed E-state index contributed by atoms with van der Waals surface area (Å²) in [7, 11) is 0. The standard InChI is InChI=1S/C12H18FN/c1-4-11(14)12(2,3)9-5-7-10(13)8-6-9/h5-8,11H,4,14H2,1-3H3/t11-/m0/s1. The molecule has 1 rings (SSSR count). The van der Waals surface area contributed by atoms with Crippen LogP contribution in [0.5, 0.6) is 0 Å². The van der Waals surface area contributed by atoms with Crippen molar-refractivity contribution in [3.8, 4) is 0 Å². The van der Waals surface area contributed by atoms with E-state index in [0.29, 0.717) is 0 Å². The summed E-state index contributed by atoms with van der Waals surface area (Å²) in [6.45, 7) is 6.25. The van der Waals surface area contributed by atoms with Crippen LogP contribution in [-0.2, 0) is 5.41 Å². The number of hydrogen-bond acceptors (Lipinski definition) is 1. The smallest absolute Gasteiger partial charge is 0.123 e. The van der Waals surface area contributed by atoms with Gasteiger partial charge in [-0.1, -0.05) is 32.9 Å².